The second kappa shape index (κ2) is 8.68. The monoisotopic (exact) mass is 393 g/mol. The third-order valence-corrected chi connectivity index (χ3v) is 7.80. The molecule has 0 radical (unpaired) electrons. The predicted octanol–water partition coefficient (Wildman–Crippen LogP) is 3.91. The number of oxime groups is 1. The van der Waals surface area contributed by atoms with Gasteiger partial charge >= 0.3 is 5.97 Å². The Kier molecular flexibility index (Phi) is 6.07. The van der Waals surface area contributed by atoms with E-state index in [1.807, 2.05) is 12.1 Å². The van der Waals surface area contributed by atoms with Crippen molar-refractivity contribution < 1.29 is 18.9 Å². The zero-order chi connectivity index (χ0) is 20.0. The topological polar surface area (TPSA) is 65.0 Å². The van der Waals surface area contributed by atoms with Gasteiger partial charge in [0.2, 0.25) is 0 Å². The quantitative estimate of drug-likeness (QED) is 0.264. The molecule has 0 aliphatic heterocycles. The molecule has 0 heterocycles. The number of carbonyl (C=O) groups excluding carboxylic acids is 1. The van der Waals surface area contributed by atoms with Gasteiger partial charge in [-0.15, -0.1) is 0 Å². The molecule has 142 valence electrons. The van der Waals surface area contributed by atoms with E-state index in [1.54, 1.807) is 72.8 Å². The van der Waals surface area contributed by atoms with Gasteiger partial charge in [0.05, 0.1) is 7.11 Å². The van der Waals surface area contributed by atoms with Crippen LogP contribution >= 0.6 is 7.14 Å². The van der Waals surface area contributed by atoms with E-state index in [-0.39, 0.29) is 0 Å². The summed E-state index contributed by atoms with van der Waals surface area (Å²) in [5.41, 5.74) is -0.582. The number of carbonyl (C=O) groups is 1. The summed E-state index contributed by atoms with van der Waals surface area (Å²) in [5.74, 6) is -0.186. The number of rotatable bonds is 7. The molecule has 3 rings (SSSR count). The number of methoxy groups -OCH3 is 1. The van der Waals surface area contributed by atoms with Crippen LogP contribution in [0.15, 0.2) is 90.1 Å². The Morgan fingerprint density at radius 2 is 1.50 bits per heavy atom. The summed E-state index contributed by atoms with van der Waals surface area (Å²) in [5, 5.41) is 4.38. The van der Waals surface area contributed by atoms with Crippen molar-refractivity contribution in [3.8, 4) is 5.75 Å². The van der Waals surface area contributed by atoms with Crippen LogP contribution < -0.4 is 15.3 Å². The van der Waals surface area contributed by atoms with E-state index in [4.69, 9.17) is 9.57 Å². The largest absolute Gasteiger partial charge is 0.497 e. The van der Waals surface area contributed by atoms with E-state index in [0.717, 1.165) is 0 Å². The van der Waals surface area contributed by atoms with E-state index in [9.17, 15) is 9.36 Å². The van der Waals surface area contributed by atoms with Gasteiger partial charge in [-0.05, 0) is 17.7 Å². The highest BCUT2D eigenvalue weighted by Crippen LogP contribution is 2.58. The molecule has 3 aromatic rings. The lowest BCUT2D eigenvalue weighted by atomic mass is 10.1. The molecule has 0 spiro atoms. The van der Waals surface area contributed by atoms with Gasteiger partial charge < -0.3 is 14.1 Å². The molecule has 0 aromatic heterocycles. The lowest BCUT2D eigenvalue weighted by Gasteiger charge is -2.27. The van der Waals surface area contributed by atoms with E-state index >= 15 is 0 Å². The van der Waals surface area contributed by atoms with Crippen LogP contribution in [-0.2, 0) is 14.2 Å². The average Bonchev–Trinajstić information content (AvgIpc) is 2.75. The second-order valence-corrected chi connectivity index (χ2v) is 8.91. The van der Waals surface area contributed by atoms with Crippen molar-refractivity contribution in [1.29, 1.82) is 0 Å². The first-order chi connectivity index (χ1) is 13.6. The molecular weight excluding hydrogens is 373 g/mol. The first-order valence-corrected chi connectivity index (χ1v) is 10.4. The summed E-state index contributed by atoms with van der Waals surface area (Å²) in [6.45, 7) is 3.23. The third kappa shape index (κ3) is 3.75. The highest BCUT2D eigenvalue weighted by Gasteiger charge is 2.44. The maximum atomic E-state index is 14.6. The van der Waals surface area contributed by atoms with Crippen LogP contribution in [0.25, 0.3) is 0 Å². The zero-order valence-electron chi connectivity index (χ0n) is 15.4. The number of benzene rings is 3. The molecule has 0 aliphatic rings. The van der Waals surface area contributed by atoms with Crippen LogP contribution in [-0.4, -0.2) is 19.8 Å². The molecule has 0 N–H and O–H groups in total. The molecule has 6 heteroatoms. The summed E-state index contributed by atoms with van der Waals surface area (Å²) >= 11 is 0. The number of hydrogen-bond acceptors (Lipinski definition) is 5. The van der Waals surface area contributed by atoms with Crippen molar-refractivity contribution in [1.82, 2.24) is 0 Å². The molecule has 0 fully saturated rings. The van der Waals surface area contributed by atoms with Crippen LogP contribution in [0.4, 0.5) is 0 Å². The molecule has 0 aliphatic carbocycles. The fourth-order valence-electron chi connectivity index (χ4n) is 3.17. The molecule has 0 saturated carbocycles. The fourth-order valence-corrected chi connectivity index (χ4v) is 6.21. The van der Waals surface area contributed by atoms with Crippen molar-refractivity contribution in [3.63, 3.8) is 0 Å². The maximum absolute atomic E-state index is 14.6. The highest BCUT2D eigenvalue weighted by atomic mass is 31.2. The van der Waals surface area contributed by atoms with E-state index in [1.165, 1.54) is 7.11 Å². The SMILES string of the molecule is C=NOC(=O)C(c1cccc(OC)c1)P(=O)(c1ccccc1)c1ccccc1. The first-order valence-electron chi connectivity index (χ1n) is 8.63. The lowest BCUT2D eigenvalue weighted by Crippen LogP contribution is -2.26. The highest BCUT2D eigenvalue weighted by molar-refractivity contribution is 7.79. The summed E-state index contributed by atoms with van der Waals surface area (Å²) in [7, 11) is -1.96. The van der Waals surface area contributed by atoms with Crippen LogP contribution in [0.1, 0.15) is 11.2 Å². The summed E-state index contributed by atoms with van der Waals surface area (Å²) in [6, 6.07) is 24.8. The Morgan fingerprint density at radius 1 is 0.929 bits per heavy atom. The van der Waals surface area contributed by atoms with Gasteiger partial charge in [0.15, 0.2) is 7.14 Å². The van der Waals surface area contributed by atoms with Gasteiger partial charge in [-0.1, -0.05) is 78.0 Å². The molecule has 1 unspecified atom stereocenters. The van der Waals surface area contributed by atoms with Crippen LogP contribution in [0, 0.1) is 0 Å². The van der Waals surface area contributed by atoms with Gasteiger partial charge in [0, 0.05) is 17.3 Å². The van der Waals surface area contributed by atoms with Crippen molar-refractivity contribution in [2.75, 3.05) is 7.11 Å². The van der Waals surface area contributed by atoms with Crippen molar-refractivity contribution in [3.05, 3.63) is 90.5 Å². The molecule has 28 heavy (non-hydrogen) atoms. The van der Waals surface area contributed by atoms with Crippen molar-refractivity contribution >= 4 is 30.4 Å². The number of ether oxygens (including phenoxy) is 1. The Balaban J connectivity index is 2.30. The second-order valence-electron chi connectivity index (χ2n) is 6.05. The lowest BCUT2D eigenvalue weighted by molar-refractivity contribution is -0.143. The summed E-state index contributed by atoms with van der Waals surface area (Å²) in [4.78, 5) is 17.9. The van der Waals surface area contributed by atoms with Gasteiger partial charge in [-0.2, -0.15) is 0 Å². The maximum Gasteiger partial charge on any atom is 0.350 e. The Bertz CT molecular complexity index is 962. The molecular formula is C22H20NO4P. The summed E-state index contributed by atoms with van der Waals surface area (Å²) < 4.78 is 19.9. The van der Waals surface area contributed by atoms with E-state index < -0.39 is 18.8 Å². The zero-order valence-corrected chi connectivity index (χ0v) is 16.3. The minimum atomic E-state index is -3.49. The minimum Gasteiger partial charge on any atom is -0.497 e. The molecule has 0 bridgehead atoms. The Morgan fingerprint density at radius 3 is 2.00 bits per heavy atom. The molecule has 0 amide bonds. The molecule has 3 aromatic carbocycles. The van der Waals surface area contributed by atoms with Crippen molar-refractivity contribution in [2.45, 2.75) is 5.66 Å². The smallest absolute Gasteiger partial charge is 0.350 e. The van der Waals surface area contributed by atoms with E-state index in [2.05, 4.69) is 11.9 Å². The Hall–Kier alpha value is -3.17. The Labute approximate surface area is 164 Å². The minimum absolute atomic E-state index is 0.518. The number of hydrogen-bond donors (Lipinski definition) is 0. The normalized spacial score (nSPS) is 12.0. The molecule has 1 atom stereocenters. The van der Waals surface area contributed by atoms with Gasteiger partial charge in [-0.25, -0.2) is 4.79 Å². The molecule has 5 nitrogen and oxygen atoms in total. The third-order valence-electron chi connectivity index (χ3n) is 4.43. The average molecular weight is 393 g/mol. The fraction of sp³-hybridized carbons (Fsp3) is 0.0909. The van der Waals surface area contributed by atoms with Crippen LogP contribution in [0.5, 0.6) is 5.75 Å². The molecule has 0 saturated heterocycles. The number of nitrogens with zero attached hydrogens (tertiary/aromatic N) is 1. The van der Waals surface area contributed by atoms with Gasteiger partial charge in [0.1, 0.15) is 11.4 Å². The first kappa shape index (κ1) is 19.6. The van der Waals surface area contributed by atoms with Crippen LogP contribution in [0.2, 0.25) is 0 Å². The van der Waals surface area contributed by atoms with E-state index in [0.29, 0.717) is 21.9 Å². The standard InChI is InChI=1S/C22H20NO4P/c1-23-27-22(24)21(17-10-9-11-18(16-17)26-2)28(25,19-12-5-3-6-13-19)20-14-7-4-8-15-20/h3-16,21H,1H2,2H3. The van der Waals surface area contributed by atoms with Crippen LogP contribution in [0.3, 0.4) is 0 Å². The van der Waals surface area contributed by atoms with Gasteiger partial charge in [-0.3, -0.25) is 0 Å². The van der Waals surface area contributed by atoms with Gasteiger partial charge in [0.25, 0.3) is 0 Å². The predicted molar refractivity (Wildman–Crippen MR) is 111 cm³/mol. The summed E-state index contributed by atoms with van der Waals surface area (Å²) in [6.07, 6.45) is 0. The van der Waals surface area contributed by atoms with Crippen molar-refractivity contribution in [2.24, 2.45) is 5.16 Å².